The second kappa shape index (κ2) is 7.22. The largest absolute Gasteiger partial charge is 0.378 e. The zero-order chi connectivity index (χ0) is 12.8. The minimum atomic E-state index is 0.184. The Bertz CT molecular complexity index is 349. The van der Waals surface area contributed by atoms with Gasteiger partial charge in [-0.05, 0) is 60.2 Å². The van der Waals surface area contributed by atoms with Gasteiger partial charge >= 0.3 is 0 Å². The molecule has 0 aromatic carbocycles. The topological polar surface area (TPSA) is 48.1 Å². The molecule has 0 radical (unpaired) electrons. The van der Waals surface area contributed by atoms with Crippen LogP contribution in [0.5, 0.6) is 0 Å². The van der Waals surface area contributed by atoms with Crippen molar-refractivity contribution in [2.75, 3.05) is 6.61 Å². The van der Waals surface area contributed by atoms with Gasteiger partial charge in [0.2, 0.25) is 0 Å². The molecule has 1 saturated heterocycles. The second-order valence-electron chi connectivity index (χ2n) is 5.00. The molecule has 0 bridgehead atoms. The molecule has 2 heterocycles. The average Bonchev–Trinajstić information content (AvgIpc) is 2.40. The van der Waals surface area contributed by atoms with Gasteiger partial charge in [-0.25, -0.2) is 0 Å². The van der Waals surface area contributed by atoms with E-state index >= 15 is 0 Å². The van der Waals surface area contributed by atoms with E-state index in [9.17, 15) is 0 Å². The van der Waals surface area contributed by atoms with E-state index < -0.39 is 0 Å². The van der Waals surface area contributed by atoms with Crippen molar-refractivity contribution in [3.8, 4) is 0 Å². The molecule has 2 rings (SSSR count). The number of nitrogens with zero attached hydrogens (tertiary/aromatic N) is 1. The Morgan fingerprint density at radius 3 is 3.00 bits per heavy atom. The Kier molecular flexibility index (Phi) is 5.60. The summed E-state index contributed by atoms with van der Waals surface area (Å²) >= 11 is 3.38. The van der Waals surface area contributed by atoms with Crippen molar-refractivity contribution < 1.29 is 4.74 Å². The van der Waals surface area contributed by atoms with E-state index in [1.54, 1.807) is 0 Å². The summed E-state index contributed by atoms with van der Waals surface area (Å²) in [5.41, 5.74) is 7.22. The zero-order valence-electron chi connectivity index (χ0n) is 10.6. The molecule has 2 unspecified atom stereocenters. The molecule has 1 aliphatic heterocycles. The van der Waals surface area contributed by atoms with Crippen LogP contribution in [0.15, 0.2) is 22.8 Å². The van der Waals surface area contributed by atoms with Crippen LogP contribution in [-0.4, -0.2) is 23.7 Å². The lowest BCUT2D eigenvalue weighted by molar-refractivity contribution is 0.00914. The number of ether oxygens (including phenoxy) is 1. The van der Waals surface area contributed by atoms with Crippen LogP contribution >= 0.6 is 15.9 Å². The highest BCUT2D eigenvalue weighted by Crippen LogP contribution is 2.18. The van der Waals surface area contributed by atoms with Crippen LogP contribution in [0.4, 0.5) is 0 Å². The highest BCUT2D eigenvalue weighted by atomic mass is 79.9. The summed E-state index contributed by atoms with van der Waals surface area (Å²) in [6.07, 6.45) is 8.91. The van der Waals surface area contributed by atoms with Crippen LogP contribution in [0.2, 0.25) is 0 Å². The summed E-state index contributed by atoms with van der Waals surface area (Å²) in [6, 6.07) is 4.23. The molecule has 3 nitrogen and oxygen atoms in total. The van der Waals surface area contributed by atoms with Gasteiger partial charge in [-0.15, -0.1) is 0 Å². The standard InChI is InChI=1S/C14H21BrN2O/c15-11-4-6-13(17-10-11)9-12(16)5-7-14-3-1-2-8-18-14/h4,6,10,12,14H,1-3,5,7-9,16H2. The van der Waals surface area contributed by atoms with Crippen LogP contribution in [-0.2, 0) is 11.2 Å². The summed E-state index contributed by atoms with van der Waals surface area (Å²) in [7, 11) is 0. The van der Waals surface area contributed by atoms with Gasteiger partial charge in [-0.1, -0.05) is 0 Å². The fourth-order valence-electron chi connectivity index (χ4n) is 2.33. The molecule has 2 N–H and O–H groups in total. The van der Waals surface area contributed by atoms with Crippen molar-refractivity contribution in [3.05, 3.63) is 28.5 Å². The number of halogens is 1. The summed E-state index contributed by atoms with van der Waals surface area (Å²) in [5.74, 6) is 0. The van der Waals surface area contributed by atoms with Gasteiger partial charge in [-0.3, -0.25) is 4.98 Å². The van der Waals surface area contributed by atoms with Gasteiger partial charge in [0, 0.05) is 35.4 Å². The van der Waals surface area contributed by atoms with E-state index in [1.807, 2.05) is 18.3 Å². The fourth-order valence-corrected chi connectivity index (χ4v) is 2.57. The van der Waals surface area contributed by atoms with Crippen molar-refractivity contribution in [1.29, 1.82) is 0 Å². The minimum Gasteiger partial charge on any atom is -0.378 e. The van der Waals surface area contributed by atoms with Gasteiger partial charge in [0.15, 0.2) is 0 Å². The second-order valence-corrected chi connectivity index (χ2v) is 5.91. The van der Waals surface area contributed by atoms with Gasteiger partial charge < -0.3 is 10.5 Å². The first kappa shape index (κ1) is 14.0. The summed E-state index contributed by atoms with van der Waals surface area (Å²) in [5, 5.41) is 0. The summed E-state index contributed by atoms with van der Waals surface area (Å²) in [6.45, 7) is 0.925. The number of hydrogen-bond donors (Lipinski definition) is 1. The Labute approximate surface area is 117 Å². The SMILES string of the molecule is NC(CCC1CCCCO1)Cc1ccc(Br)cn1. The van der Waals surface area contributed by atoms with E-state index in [4.69, 9.17) is 10.5 Å². The molecular weight excluding hydrogens is 292 g/mol. The molecule has 0 saturated carbocycles. The number of aromatic nitrogens is 1. The van der Waals surface area contributed by atoms with E-state index in [1.165, 1.54) is 19.3 Å². The fraction of sp³-hybridized carbons (Fsp3) is 0.643. The lowest BCUT2D eigenvalue weighted by atomic mass is 9.99. The van der Waals surface area contributed by atoms with E-state index in [0.29, 0.717) is 6.10 Å². The molecule has 0 aliphatic carbocycles. The molecule has 18 heavy (non-hydrogen) atoms. The third-order valence-corrected chi connectivity index (χ3v) is 3.86. The van der Waals surface area contributed by atoms with Gasteiger partial charge in [-0.2, -0.15) is 0 Å². The molecule has 0 amide bonds. The maximum absolute atomic E-state index is 6.15. The molecule has 1 aromatic heterocycles. The van der Waals surface area contributed by atoms with Crippen molar-refractivity contribution in [2.45, 2.75) is 50.7 Å². The lowest BCUT2D eigenvalue weighted by Gasteiger charge is -2.23. The third kappa shape index (κ3) is 4.67. The molecule has 1 aliphatic rings. The number of hydrogen-bond acceptors (Lipinski definition) is 3. The monoisotopic (exact) mass is 312 g/mol. The zero-order valence-corrected chi connectivity index (χ0v) is 12.2. The molecular formula is C14H21BrN2O. The Morgan fingerprint density at radius 1 is 1.44 bits per heavy atom. The normalized spacial score (nSPS) is 21.8. The Hall–Kier alpha value is -0.450. The first-order valence-electron chi connectivity index (χ1n) is 6.71. The van der Waals surface area contributed by atoms with E-state index in [-0.39, 0.29) is 6.04 Å². The summed E-state index contributed by atoms with van der Waals surface area (Å²) in [4.78, 5) is 4.35. The molecule has 2 atom stereocenters. The third-order valence-electron chi connectivity index (χ3n) is 3.39. The predicted molar refractivity (Wildman–Crippen MR) is 76.4 cm³/mol. The maximum atomic E-state index is 6.15. The summed E-state index contributed by atoms with van der Waals surface area (Å²) < 4.78 is 6.73. The Morgan fingerprint density at radius 2 is 2.33 bits per heavy atom. The molecule has 100 valence electrons. The van der Waals surface area contributed by atoms with Crippen LogP contribution < -0.4 is 5.73 Å². The highest BCUT2D eigenvalue weighted by molar-refractivity contribution is 9.10. The molecule has 4 heteroatoms. The Balaban J connectivity index is 1.71. The first-order valence-corrected chi connectivity index (χ1v) is 7.51. The van der Waals surface area contributed by atoms with Crippen LogP contribution in [0.3, 0.4) is 0 Å². The predicted octanol–water partition coefficient (Wildman–Crippen LogP) is 3.06. The van der Waals surface area contributed by atoms with E-state index in [0.717, 1.165) is 36.0 Å². The highest BCUT2D eigenvalue weighted by Gasteiger charge is 2.15. The van der Waals surface area contributed by atoms with Gasteiger partial charge in [0.25, 0.3) is 0 Å². The minimum absolute atomic E-state index is 0.184. The van der Waals surface area contributed by atoms with Gasteiger partial charge in [0.1, 0.15) is 0 Å². The van der Waals surface area contributed by atoms with Crippen molar-refractivity contribution in [2.24, 2.45) is 5.73 Å². The number of pyridine rings is 1. The van der Waals surface area contributed by atoms with Crippen molar-refractivity contribution >= 4 is 15.9 Å². The number of rotatable bonds is 5. The van der Waals surface area contributed by atoms with Crippen molar-refractivity contribution in [3.63, 3.8) is 0 Å². The molecule has 0 spiro atoms. The smallest absolute Gasteiger partial charge is 0.0575 e. The van der Waals surface area contributed by atoms with Gasteiger partial charge in [0.05, 0.1) is 6.10 Å². The van der Waals surface area contributed by atoms with E-state index in [2.05, 4.69) is 20.9 Å². The number of nitrogens with two attached hydrogens (primary N) is 1. The molecule has 1 fully saturated rings. The quantitative estimate of drug-likeness (QED) is 0.909. The maximum Gasteiger partial charge on any atom is 0.0575 e. The first-order chi connectivity index (χ1) is 8.74. The van der Waals surface area contributed by atoms with Crippen LogP contribution in [0.1, 0.15) is 37.8 Å². The average molecular weight is 313 g/mol. The lowest BCUT2D eigenvalue weighted by Crippen LogP contribution is -2.27. The van der Waals surface area contributed by atoms with Crippen molar-refractivity contribution in [1.82, 2.24) is 4.98 Å². The van der Waals surface area contributed by atoms with Crippen LogP contribution in [0, 0.1) is 0 Å². The van der Waals surface area contributed by atoms with Crippen LogP contribution in [0.25, 0.3) is 0 Å². The molecule has 1 aromatic rings.